The van der Waals surface area contributed by atoms with Crippen LogP contribution in [-0.4, -0.2) is 38.4 Å². The van der Waals surface area contributed by atoms with Crippen LogP contribution in [0, 0.1) is 0 Å². The summed E-state index contributed by atoms with van der Waals surface area (Å²) in [7, 11) is 1.20. The second-order valence-electron chi connectivity index (χ2n) is 3.82. The van der Waals surface area contributed by atoms with E-state index in [0.29, 0.717) is 0 Å². The van der Waals surface area contributed by atoms with Gasteiger partial charge in [-0.2, -0.15) is 13.2 Å². The molecule has 1 rings (SSSR count). The van der Waals surface area contributed by atoms with Gasteiger partial charge in [0.15, 0.2) is 6.61 Å². The lowest BCUT2D eigenvalue weighted by atomic mass is 10.3. The average Bonchev–Trinajstić information content (AvgIpc) is 2.42. The van der Waals surface area contributed by atoms with E-state index < -0.39 is 24.7 Å². The van der Waals surface area contributed by atoms with Crippen LogP contribution in [0.3, 0.4) is 0 Å². The molecule has 0 radical (unpaired) electrons. The van der Waals surface area contributed by atoms with Gasteiger partial charge in [0.1, 0.15) is 12.3 Å². The highest BCUT2D eigenvalue weighted by atomic mass is 19.4. The minimum absolute atomic E-state index is 0.219. The fourth-order valence-electron chi connectivity index (χ4n) is 1.22. The Labute approximate surface area is 118 Å². The van der Waals surface area contributed by atoms with Crippen LogP contribution in [0.2, 0.25) is 0 Å². The lowest BCUT2D eigenvalue weighted by molar-refractivity contribution is -0.142. The Balaban J connectivity index is 2.52. The van der Waals surface area contributed by atoms with Crippen LogP contribution in [0.4, 0.5) is 23.7 Å². The number of hydrogen-bond donors (Lipinski definition) is 2. The van der Waals surface area contributed by atoms with Gasteiger partial charge in [-0.25, -0.2) is 9.59 Å². The molecule has 9 heteroatoms. The third kappa shape index (κ3) is 7.04. The molecule has 0 aromatic heterocycles. The van der Waals surface area contributed by atoms with Crippen LogP contribution in [0.25, 0.3) is 0 Å². The number of methoxy groups -OCH3 is 1. The zero-order chi connectivity index (χ0) is 15.9. The summed E-state index contributed by atoms with van der Waals surface area (Å²) in [4.78, 5) is 22.1. The Morgan fingerprint density at radius 3 is 2.62 bits per heavy atom. The van der Waals surface area contributed by atoms with Crippen LogP contribution >= 0.6 is 0 Å². The molecular weight excluding hydrogens is 293 g/mol. The van der Waals surface area contributed by atoms with Crippen LogP contribution < -0.4 is 15.4 Å². The van der Waals surface area contributed by atoms with Gasteiger partial charge in [-0.1, -0.05) is 6.07 Å². The molecule has 0 aliphatic carbocycles. The maximum atomic E-state index is 11.9. The number of rotatable bonds is 5. The molecule has 0 saturated heterocycles. The monoisotopic (exact) mass is 306 g/mol. The predicted octanol–water partition coefficient (Wildman–Crippen LogP) is 1.92. The zero-order valence-electron chi connectivity index (χ0n) is 11.0. The van der Waals surface area contributed by atoms with Crippen molar-refractivity contribution in [2.24, 2.45) is 0 Å². The number of carbonyl (C=O) groups is 2. The summed E-state index contributed by atoms with van der Waals surface area (Å²) in [6, 6.07) is 4.83. The number of nitrogens with one attached hydrogen (secondary N) is 2. The molecule has 0 aliphatic heterocycles. The molecule has 0 bridgehead atoms. The highest BCUT2D eigenvalue weighted by Crippen LogP contribution is 2.17. The first-order valence-electron chi connectivity index (χ1n) is 5.71. The van der Waals surface area contributed by atoms with Gasteiger partial charge in [0.05, 0.1) is 7.11 Å². The molecule has 0 saturated carbocycles. The first-order valence-corrected chi connectivity index (χ1v) is 5.71. The largest absolute Gasteiger partial charge is 0.482 e. The summed E-state index contributed by atoms with van der Waals surface area (Å²) < 4.78 is 45.2. The molecule has 116 valence electrons. The molecule has 0 atom stereocenters. The van der Waals surface area contributed by atoms with Gasteiger partial charge in [-0.05, 0) is 12.1 Å². The number of alkyl halides is 3. The molecule has 0 unspecified atom stereocenters. The van der Waals surface area contributed by atoms with Gasteiger partial charge in [0.25, 0.3) is 0 Å². The molecule has 6 nitrogen and oxygen atoms in total. The molecule has 0 aliphatic rings. The van der Waals surface area contributed by atoms with Crippen molar-refractivity contribution >= 4 is 17.7 Å². The summed E-state index contributed by atoms with van der Waals surface area (Å²) in [5, 5.41) is 3.87. The van der Waals surface area contributed by atoms with Gasteiger partial charge in [-0.3, -0.25) is 0 Å². The second-order valence-corrected chi connectivity index (χ2v) is 3.82. The number of hydrogen-bond acceptors (Lipinski definition) is 4. The number of esters is 1. The van der Waals surface area contributed by atoms with E-state index in [9.17, 15) is 22.8 Å². The fourth-order valence-corrected chi connectivity index (χ4v) is 1.22. The first kappa shape index (κ1) is 16.6. The van der Waals surface area contributed by atoms with Crippen molar-refractivity contribution in [1.29, 1.82) is 0 Å². The number of halogens is 3. The summed E-state index contributed by atoms with van der Waals surface area (Å²) in [5.41, 5.74) is 0.219. The van der Waals surface area contributed by atoms with Crippen LogP contribution in [0.1, 0.15) is 0 Å². The molecule has 0 heterocycles. The second kappa shape index (κ2) is 7.36. The number of carbonyl (C=O) groups excluding carboxylic acids is 2. The third-order valence-electron chi connectivity index (χ3n) is 2.13. The molecule has 21 heavy (non-hydrogen) atoms. The molecule has 0 spiro atoms. The molecule has 0 fully saturated rings. The van der Waals surface area contributed by atoms with Crippen LogP contribution in [-0.2, 0) is 9.53 Å². The molecular formula is C12H13F3N2O4. The number of benzene rings is 1. The van der Waals surface area contributed by atoms with Crippen molar-refractivity contribution in [3.8, 4) is 5.75 Å². The van der Waals surface area contributed by atoms with E-state index in [0.717, 1.165) is 0 Å². The SMILES string of the molecule is COC(=O)COc1cccc(NC(=O)NCC(F)(F)F)c1. The van der Waals surface area contributed by atoms with Gasteiger partial charge >= 0.3 is 18.2 Å². The Bertz CT molecular complexity index is 506. The summed E-state index contributed by atoms with van der Waals surface area (Å²) >= 11 is 0. The van der Waals surface area contributed by atoms with E-state index in [1.807, 2.05) is 0 Å². The Morgan fingerprint density at radius 1 is 1.29 bits per heavy atom. The smallest absolute Gasteiger partial charge is 0.405 e. The van der Waals surface area contributed by atoms with Gasteiger partial charge in [0.2, 0.25) is 0 Å². The first-order chi connectivity index (χ1) is 9.80. The lowest BCUT2D eigenvalue weighted by Crippen LogP contribution is -2.36. The predicted molar refractivity (Wildman–Crippen MR) is 67.0 cm³/mol. The average molecular weight is 306 g/mol. The van der Waals surface area contributed by atoms with Gasteiger partial charge in [0, 0.05) is 11.8 Å². The number of urea groups is 1. The maximum Gasteiger partial charge on any atom is 0.405 e. The number of ether oxygens (including phenoxy) is 2. The number of anilines is 1. The van der Waals surface area contributed by atoms with E-state index in [1.54, 1.807) is 5.32 Å². The minimum atomic E-state index is -4.48. The van der Waals surface area contributed by atoms with Crippen molar-refractivity contribution in [1.82, 2.24) is 5.32 Å². The molecule has 1 aromatic carbocycles. The Morgan fingerprint density at radius 2 is 2.00 bits per heavy atom. The van der Waals surface area contributed by atoms with Crippen LogP contribution in [0.15, 0.2) is 24.3 Å². The summed E-state index contributed by atoms with van der Waals surface area (Å²) in [6.07, 6.45) is -4.48. The molecule has 1 aromatic rings. The molecule has 2 amide bonds. The van der Waals surface area contributed by atoms with E-state index >= 15 is 0 Å². The van der Waals surface area contributed by atoms with Crippen molar-refractivity contribution in [3.05, 3.63) is 24.3 Å². The Kier molecular flexibility index (Phi) is 5.82. The van der Waals surface area contributed by atoms with Crippen molar-refractivity contribution in [2.75, 3.05) is 25.6 Å². The topological polar surface area (TPSA) is 76.7 Å². The van der Waals surface area contributed by atoms with Crippen molar-refractivity contribution < 1.29 is 32.2 Å². The van der Waals surface area contributed by atoms with E-state index in [-0.39, 0.29) is 18.0 Å². The minimum Gasteiger partial charge on any atom is -0.482 e. The maximum absolute atomic E-state index is 11.9. The summed E-state index contributed by atoms with van der Waals surface area (Å²) in [6.45, 7) is -1.75. The highest BCUT2D eigenvalue weighted by molar-refractivity contribution is 5.89. The van der Waals surface area contributed by atoms with Crippen molar-refractivity contribution in [3.63, 3.8) is 0 Å². The summed E-state index contributed by atoms with van der Waals surface area (Å²) in [5.74, 6) is -0.328. The van der Waals surface area contributed by atoms with E-state index in [4.69, 9.17) is 4.74 Å². The van der Waals surface area contributed by atoms with Crippen molar-refractivity contribution in [2.45, 2.75) is 6.18 Å². The van der Waals surface area contributed by atoms with E-state index in [2.05, 4.69) is 10.1 Å². The normalized spacial score (nSPS) is 10.7. The zero-order valence-corrected chi connectivity index (χ0v) is 11.0. The standard InChI is InChI=1S/C12H13F3N2O4/c1-20-10(18)6-21-9-4-2-3-8(5-9)17-11(19)16-7-12(13,14)15/h2-5H,6-7H2,1H3,(H2,16,17,19). The van der Waals surface area contributed by atoms with Gasteiger partial charge in [-0.15, -0.1) is 0 Å². The lowest BCUT2D eigenvalue weighted by Gasteiger charge is -2.11. The van der Waals surface area contributed by atoms with Crippen LogP contribution in [0.5, 0.6) is 5.75 Å². The highest BCUT2D eigenvalue weighted by Gasteiger charge is 2.27. The third-order valence-corrected chi connectivity index (χ3v) is 2.13. The molecule has 2 N–H and O–H groups in total. The fraction of sp³-hybridized carbons (Fsp3) is 0.333. The number of amides is 2. The quantitative estimate of drug-likeness (QED) is 0.815. The van der Waals surface area contributed by atoms with Gasteiger partial charge < -0.3 is 20.1 Å². The Hall–Kier alpha value is -2.45. The van der Waals surface area contributed by atoms with E-state index in [1.165, 1.54) is 31.4 Å².